The van der Waals surface area contributed by atoms with Crippen LogP contribution in [0.5, 0.6) is 11.5 Å². The summed E-state index contributed by atoms with van der Waals surface area (Å²) in [5.41, 5.74) is 4.62. The first-order valence-corrected chi connectivity index (χ1v) is 8.43. The summed E-state index contributed by atoms with van der Waals surface area (Å²) in [4.78, 5) is 14.3. The highest BCUT2D eigenvalue weighted by Gasteiger charge is 2.22. The summed E-state index contributed by atoms with van der Waals surface area (Å²) in [6, 6.07) is 12.1. The van der Waals surface area contributed by atoms with Crippen molar-refractivity contribution in [3.63, 3.8) is 0 Å². The smallest absolute Gasteiger partial charge is 0.317 e. The molecule has 5 nitrogen and oxygen atoms in total. The van der Waals surface area contributed by atoms with E-state index in [9.17, 15) is 4.79 Å². The van der Waals surface area contributed by atoms with Crippen molar-refractivity contribution in [3.05, 3.63) is 58.7 Å². The molecule has 0 fully saturated rings. The van der Waals surface area contributed by atoms with Crippen LogP contribution in [0.2, 0.25) is 0 Å². The lowest BCUT2D eigenvalue weighted by atomic mass is 9.99. The van der Waals surface area contributed by atoms with E-state index in [1.165, 1.54) is 11.1 Å². The quantitative estimate of drug-likeness (QED) is 0.929. The molecule has 2 amide bonds. The van der Waals surface area contributed by atoms with Crippen molar-refractivity contribution in [1.82, 2.24) is 10.2 Å². The molecule has 3 rings (SSSR count). The second kappa shape index (κ2) is 7.47. The van der Waals surface area contributed by atoms with Crippen molar-refractivity contribution >= 4 is 6.03 Å². The van der Waals surface area contributed by atoms with E-state index in [0.29, 0.717) is 25.4 Å². The highest BCUT2D eigenvalue weighted by molar-refractivity contribution is 5.74. The molecule has 1 N–H and O–H groups in total. The van der Waals surface area contributed by atoms with Gasteiger partial charge in [-0.05, 0) is 42.2 Å². The number of rotatable bonds is 4. The van der Waals surface area contributed by atoms with Gasteiger partial charge in [0.25, 0.3) is 0 Å². The Balaban J connectivity index is 1.66. The van der Waals surface area contributed by atoms with Gasteiger partial charge in [0.15, 0.2) is 11.5 Å². The number of aryl methyl sites for hydroxylation is 1. The summed E-state index contributed by atoms with van der Waals surface area (Å²) in [5.74, 6) is 1.43. The van der Waals surface area contributed by atoms with Gasteiger partial charge in [-0.1, -0.05) is 29.8 Å². The van der Waals surface area contributed by atoms with E-state index in [0.717, 1.165) is 23.3 Å². The summed E-state index contributed by atoms with van der Waals surface area (Å²) in [5, 5.41) is 3.01. The van der Waals surface area contributed by atoms with Crippen LogP contribution in [0.1, 0.15) is 22.3 Å². The first-order valence-electron chi connectivity index (χ1n) is 8.43. The predicted molar refractivity (Wildman–Crippen MR) is 97.1 cm³/mol. The number of urea groups is 1. The minimum atomic E-state index is -0.0399. The maximum Gasteiger partial charge on any atom is 0.317 e. The zero-order chi connectivity index (χ0) is 17.8. The second-order valence-corrected chi connectivity index (χ2v) is 6.30. The van der Waals surface area contributed by atoms with E-state index in [1.54, 1.807) is 14.2 Å². The number of nitrogens with one attached hydrogen (secondary N) is 1. The number of carbonyl (C=O) groups is 1. The van der Waals surface area contributed by atoms with Crippen molar-refractivity contribution in [1.29, 1.82) is 0 Å². The van der Waals surface area contributed by atoms with Crippen LogP contribution in [-0.4, -0.2) is 31.7 Å². The molecule has 1 aliphatic rings. The van der Waals surface area contributed by atoms with Gasteiger partial charge in [-0.15, -0.1) is 0 Å². The van der Waals surface area contributed by atoms with E-state index < -0.39 is 0 Å². The second-order valence-electron chi connectivity index (χ2n) is 6.30. The van der Waals surface area contributed by atoms with Gasteiger partial charge in [0.05, 0.1) is 14.2 Å². The molecular weight excluding hydrogens is 316 g/mol. The highest BCUT2D eigenvalue weighted by Crippen LogP contribution is 2.33. The summed E-state index contributed by atoms with van der Waals surface area (Å²) in [6.07, 6.45) is 0.813. The molecule has 2 aromatic carbocycles. The number of hydrogen-bond acceptors (Lipinski definition) is 3. The minimum Gasteiger partial charge on any atom is -0.493 e. The third-order valence-corrected chi connectivity index (χ3v) is 4.53. The first-order chi connectivity index (χ1) is 12.1. The molecule has 1 heterocycles. The maximum atomic E-state index is 12.5. The first kappa shape index (κ1) is 17.1. The van der Waals surface area contributed by atoms with Gasteiger partial charge in [-0.2, -0.15) is 0 Å². The van der Waals surface area contributed by atoms with Crippen molar-refractivity contribution in [2.75, 3.05) is 20.8 Å². The van der Waals surface area contributed by atoms with Crippen LogP contribution in [0.25, 0.3) is 0 Å². The average molecular weight is 340 g/mol. The van der Waals surface area contributed by atoms with Crippen LogP contribution >= 0.6 is 0 Å². The lowest BCUT2D eigenvalue weighted by Crippen LogP contribution is -2.42. The van der Waals surface area contributed by atoms with Crippen molar-refractivity contribution < 1.29 is 14.3 Å². The van der Waals surface area contributed by atoms with E-state index in [2.05, 4.69) is 24.4 Å². The number of amides is 2. The Morgan fingerprint density at radius 3 is 2.52 bits per heavy atom. The molecule has 0 radical (unpaired) electrons. The Labute approximate surface area is 148 Å². The molecule has 0 aliphatic carbocycles. The fourth-order valence-corrected chi connectivity index (χ4v) is 3.17. The van der Waals surface area contributed by atoms with E-state index in [1.807, 2.05) is 29.2 Å². The third kappa shape index (κ3) is 3.87. The molecule has 0 atom stereocenters. The molecule has 0 aromatic heterocycles. The number of fused-ring (bicyclic) bond motifs is 1. The van der Waals surface area contributed by atoms with Crippen molar-refractivity contribution in [2.24, 2.45) is 0 Å². The van der Waals surface area contributed by atoms with Gasteiger partial charge in [0.1, 0.15) is 0 Å². The fourth-order valence-electron chi connectivity index (χ4n) is 3.17. The standard InChI is InChI=1S/C20H24N2O3/c1-14-5-4-6-15(9-14)12-21-20(23)22-8-7-16-10-18(24-2)19(25-3)11-17(16)13-22/h4-6,9-11H,7-8,12-13H2,1-3H3,(H,21,23). The van der Waals surface area contributed by atoms with Crippen LogP contribution in [0.3, 0.4) is 0 Å². The average Bonchev–Trinajstić information content (AvgIpc) is 2.64. The molecular formula is C20H24N2O3. The Bertz CT molecular complexity index is 774. The van der Waals surface area contributed by atoms with E-state index in [4.69, 9.17) is 9.47 Å². The van der Waals surface area contributed by atoms with Gasteiger partial charge in [-0.3, -0.25) is 0 Å². The lowest BCUT2D eigenvalue weighted by Gasteiger charge is -2.29. The zero-order valence-corrected chi connectivity index (χ0v) is 15.0. The van der Waals surface area contributed by atoms with Crippen LogP contribution in [-0.2, 0) is 19.5 Å². The SMILES string of the molecule is COc1cc2c(cc1OC)CN(C(=O)NCc1cccc(C)c1)CC2. The molecule has 0 saturated carbocycles. The predicted octanol–water partition coefficient (Wildman–Crippen LogP) is 3.28. The number of carbonyl (C=O) groups excluding carboxylic acids is 1. The molecule has 5 heteroatoms. The molecule has 2 aromatic rings. The van der Waals surface area contributed by atoms with Gasteiger partial charge in [-0.25, -0.2) is 4.79 Å². The highest BCUT2D eigenvalue weighted by atomic mass is 16.5. The number of methoxy groups -OCH3 is 2. The molecule has 0 spiro atoms. The maximum absolute atomic E-state index is 12.5. The Kier molecular flexibility index (Phi) is 5.12. The summed E-state index contributed by atoms with van der Waals surface area (Å²) in [7, 11) is 3.26. The summed E-state index contributed by atoms with van der Waals surface area (Å²) < 4.78 is 10.7. The van der Waals surface area contributed by atoms with Crippen molar-refractivity contribution in [2.45, 2.75) is 26.4 Å². The number of hydrogen-bond donors (Lipinski definition) is 1. The molecule has 0 saturated heterocycles. The zero-order valence-electron chi connectivity index (χ0n) is 15.0. The Hall–Kier alpha value is -2.69. The number of nitrogens with zero attached hydrogens (tertiary/aromatic N) is 1. The van der Waals surface area contributed by atoms with Gasteiger partial charge in [0.2, 0.25) is 0 Å². The van der Waals surface area contributed by atoms with E-state index >= 15 is 0 Å². The normalized spacial score (nSPS) is 13.2. The summed E-state index contributed by atoms with van der Waals surface area (Å²) >= 11 is 0. The van der Waals surface area contributed by atoms with Crippen LogP contribution < -0.4 is 14.8 Å². The van der Waals surface area contributed by atoms with Crippen LogP contribution in [0.4, 0.5) is 4.79 Å². The molecule has 0 bridgehead atoms. The van der Waals surface area contributed by atoms with Crippen LogP contribution in [0, 0.1) is 6.92 Å². The third-order valence-electron chi connectivity index (χ3n) is 4.53. The fraction of sp³-hybridized carbons (Fsp3) is 0.350. The van der Waals surface area contributed by atoms with Gasteiger partial charge in [0, 0.05) is 19.6 Å². The van der Waals surface area contributed by atoms with Crippen LogP contribution in [0.15, 0.2) is 36.4 Å². The molecule has 132 valence electrons. The molecule has 25 heavy (non-hydrogen) atoms. The minimum absolute atomic E-state index is 0.0399. The lowest BCUT2D eigenvalue weighted by molar-refractivity contribution is 0.191. The molecule has 0 unspecified atom stereocenters. The summed E-state index contributed by atoms with van der Waals surface area (Å²) in [6.45, 7) is 3.86. The topological polar surface area (TPSA) is 50.8 Å². The van der Waals surface area contributed by atoms with Gasteiger partial charge >= 0.3 is 6.03 Å². The van der Waals surface area contributed by atoms with E-state index in [-0.39, 0.29) is 6.03 Å². The van der Waals surface area contributed by atoms with Gasteiger partial charge < -0.3 is 19.7 Å². The Morgan fingerprint density at radius 1 is 1.12 bits per heavy atom. The largest absolute Gasteiger partial charge is 0.493 e. The number of benzene rings is 2. The Morgan fingerprint density at radius 2 is 1.84 bits per heavy atom. The monoisotopic (exact) mass is 340 g/mol. The van der Waals surface area contributed by atoms with Crippen molar-refractivity contribution in [3.8, 4) is 11.5 Å². The molecule has 1 aliphatic heterocycles. The number of ether oxygens (including phenoxy) is 2.